The van der Waals surface area contributed by atoms with Gasteiger partial charge in [0.15, 0.2) is 0 Å². The lowest BCUT2D eigenvalue weighted by Crippen LogP contribution is -2.51. The lowest BCUT2D eigenvalue weighted by molar-refractivity contribution is -0.124. The summed E-state index contributed by atoms with van der Waals surface area (Å²) in [5.41, 5.74) is -0.0119. The molecule has 2 rings (SSSR count). The first-order valence-electron chi connectivity index (χ1n) is 10.2. The van der Waals surface area contributed by atoms with E-state index in [1.807, 2.05) is 30.3 Å². The number of hydrogen-bond donors (Lipinski definition) is 2. The molecule has 1 aromatic carbocycles. The maximum Gasteiger partial charge on any atom is 0.324 e. The molecule has 0 unspecified atom stereocenters. The van der Waals surface area contributed by atoms with E-state index in [-0.39, 0.29) is 17.9 Å². The molecule has 3 amide bonds. The van der Waals surface area contributed by atoms with E-state index in [2.05, 4.69) is 26.1 Å². The van der Waals surface area contributed by atoms with E-state index in [9.17, 15) is 14.7 Å². The Hall–Kier alpha value is -1.88. The summed E-state index contributed by atoms with van der Waals surface area (Å²) in [7, 11) is 0. The van der Waals surface area contributed by atoms with Gasteiger partial charge in [-0.1, -0.05) is 63.9 Å². The number of carbonyl (C=O) groups excluding carboxylic acids is 2. The largest absolute Gasteiger partial charge is 0.385 e. The summed E-state index contributed by atoms with van der Waals surface area (Å²) in [6.45, 7) is 7.23. The lowest BCUT2D eigenvalue weighted by atomic mass is 9.84. The Labute approximate surface area is 163 Å². The van der Waals surface area contributed by atoms with Gasteiger partial charge in [0.1, 0.15) is 0 Å². The van der Waals surface area contributed by atoms with E-state index in [0.29, 0.717) is 31.8 Å². The van der Waals surface area contributed by atoms with Crippen molar-refractivity contribution in [3.8, 4) is 0 Å². The number of urea groups is 1. The fraction of sp³-hybridized carbons (Fsp3) is 0.636. The Balaban J connectivity index is 1.88. The summed E-state index contributed by atoms with van der Waals surface area (Å²) < 4.78 is 0. The molecule has 0 aromatic heterocycles. The van der Waals surface area contributed by atoms with Crippen molar-refractivity contribution in [2.75, 3.05) is 13.1 Å². The number of aliphatic hydroxyl groups is 1. The molecule has 1 fully saturated rings. The maximum absolute atomic E-state index is 12.5. The molecule has 1 aliphatic rings. The van der Waals surface area contributed by atoms with E-state index >= 15 is 0 Å². The number of nitrogens with one attached hydrogen (secondary N) is 1. The summed E-state index contributed by atoms with van der Waals surface area (Å²) in [5.74, 6) is 0.282. The number of benzene rings is 1. The summed E-state index contributed by atoms with van der Waals surface area (Å²) in [6.07, 6.45) is 4.49. The van der Waals surface area contributed by atoms with Crippen LogP contribution in [0, 0.1) is 11.8 Å². The summed E-state index contributed by atoms with van der Waals surface area (Å²) in [5, 5.41) is 13.5. The maximum atomic E-state index is 12.5. The zero-order valence-electron chi connectivity index (χ0n) is 16.9. The highest BCUT2D eigenvalue weighted by Crippen LogP contribution is 2.32. The Morgan fingerprint density at radius 1 is 1.11 bits per heavy atom. The minimum absolute atomic E-state index is 0.104. The number of amides is 3. The normalized spacial score (nSPS) is 17.6. The standard InChI is InChI=1S/C22H34N2O3/c1-4-8-18(12-11-17(2)3)20(25)23-21(26)24-15-13-22(27,14-16-24)19-9-6-5-7-10-19/h5-7,9-10,17-18,27H,4,8,11-16H2,1-3H3,(H,23,25,26)/t18-/m0/s1. The van der Waals surface area contributed by atoms with Gasteiger partial charge in [-0.25, -0.2) is 4.79 Å². The van der Waals surface area contributed by atoms with Crippen molar-refractivity contribution in [2.45, 2.75) is 64.9 Å². The van der Waals surface area contributed by atoms with Gasteiger partial charge in [-0.05, 0) is 37.2 Å². The van der Waals surface area contributed by atoms with Crippen LogP contribution in [0.3, 0.4) is 0 Å². The summed E-state index contributed by atoms with van der Waals surface area (Å²) in [6, 6.07) is 9.26. The van der Waals surface area contributed by atoms with E-state index in [0.717, 1.165) is 31.2 Å². The predicted molar refractivity (Wildman–Crippen MR) is 107 cm³/mol. The van der Waals surface area contributed by atoms with Crippen LogP contribution in [0.25, 0.3) is 0 Å². The van der Waals surface area contributed by atoms with Gasteiger partial charge >= 0.3 is 6.03 Å². The van der Waals surface area contributed by atoms with Crippen LogP contribution < -0.4 is 5.32 Å². The molecule has 0 saturated carbocycles. The molecule has 1 aromatic rings. The average Bonchev–Trinajstić information content (AvgIpc) is 2.66. The SMILES string of the molecule is CCC[C@@H](CCC(C)C)C(=O)NC(=O)N1CCC(O)(c2ccccc2)CC1. The molecule has 1 aliphatic heterocycles. The number of likely N-dealkylation sites (tertiary alicyclic amines) is 1. The third kappa shape index (κ3) is 6.06. The van der Waals surface area contributed by atoms with Crippen LogP contribution in [-0.4, -0.2) is 35.0 Å². The number of piperidine rings is 1. The Morgan fingerprint density at radius 3 is 2.30 bits per heavy atom. The van der Waals surface area contributed by atoms with Crippen LogP contribution in [0.15, 0.2) is 30.3 Å². The number of carbonyl (C=O) groups is 2. The second-order valence-corrected chi connectivity index (χ2v) is 8.14. The number of imide groups is 1. The van der Waals surface area contributed by atoms with E-state index in [4.69, 9.17) is 0 Å². The van der Waals surface area contributed by atoms with E-state index in [1.165, 1.54) is 0 Å². The highest BCUT2D eigenvalue weighted by atomic mass is 16.3. The predicted octanol–water partition coefficient (Wildman–Crippen LogP) is 4.06. The van der Waals surface area contributed by atoms with Crippen molar-refractivity contribution in [2.24, 2.45) is 11.8 Å². The molecule has 0 aliphatic carbocycles. The van der Waals surface area contributed by atoms with Crippen LogP contribution in [0.4, 0.5) is 4.79 Å². The van der Waals surface area contributed by atoms with Crippen LogP contribution >= 0.6 is 0 Å². The molecular weight excluding hydrogens is 340 g/mol. The summed E-state index contributed by atoms with van der Waals surface area (Å²) >= 11 is 0. The van der Waals surface area contributed by atoms with E-state index < -0.39 is 5.60 Å². The van der Waals surface area contributed by atoms with Crippen LogP contribution in [0.2, 0.25) is 0 Å². The summed E-state index contributed by atoms with van der Waals surface area (Å²) in [4.78, 5) is 26.7. The van der Waals surface area contributed by atoms with Crippen molar-refractivity contribution in [3.63, 3.8) is 0 Å². The second-order valence-electron chi connectivity index (χ2n) is 8.14. The topological polar surface area (TPSA) is 69.6 Å². The number of rotatable bonds is 7. The molecule has 150 valence electrons. The molecule has 5 heteroatoms. The molecule has 5 nitrogen and oxygen atoms in total. The fourth-order valence-electron chi connectivity index (χ4n) is 3.69. The van der Waals surface area contributed by atoms with Crippen molar-refractivity contribution in [3.05, 3.63) is 35.9 Å². The lowest BCUT2D eigenvalue weighted by Gasteiger charge is -2.38. The molecule has 0 spiro atoms. The zero-order chi connectivity index (χ0) is 19.9. The van der Waals surface area contributed by atoms with Gasteiger partial charge in [-0.3, -0.25) is 10.1 Å². The molecular formula is C22H34N2O3. The van der Waals surface area contributed by atoms with Crippen LogP contribution in [-0.2, 0) is 10.4 Å². The van der Waals surface area contributed by atoms with Gasteiger partial charge in [0.05, 0.1) is 5.60 Å². The minimum Gasteiger partial charge on any atom is -0.385 e. The van der Waals surface area contributed by atoms with Gasteiger partial charge in [0.25, 0.3) is 0 Å². The van der Waals surface area contributed by atoms with Crippen molar-refractivity contribution >= 4 is 11.9 Å². The quantitative estimate of drug-likeness (QED) is 0.756. The third-order valence-electron chi connectivity index (χ3n) is 5.52. The highest BCUT2D eigenvalue weighted by Gasteiger charge is 2.35. The first-order valence-corrected chi connectivity index (χ1v) is 10.2. The molecule has 2 N–H and O–H groups in total. The van der Waals surface area contributed by atoms with Gasteiger partial charge < -0.3 is 10.0 Å². The molecule has 1 atom stereocenters. The van der Waals surface area contributed by atoms with E-state index in [1.54, 1.807) is 4.90 Å². The fourth-order valence-corrected chi connectivity index (χ4v) is 3.69. The van der Waals surface area contributed by atoms with Crippen LogP contribution in [0.5, 0.6) is 0 Å². The third-order valence-corrected chi connectivity index (χ3v) is 5.52. The Bertz CT molecular complexity index is 607. The number of hydrogen-bond acceptors (Lipinski definition) is 3. The molecule has 27 heavy (non-hydrogen) atoms. The Kier molecular flexibility index (Phi) is 7.84. The first-order chi connectivity index (χ1) is 12.9. The monoisotopic (exact) mass is 374 g/mol. The van der Waals surface area contributed by atoms with Crippen molar-refractivity contribution < 1.29 is 14.7 Å². The number of nitrogens with zero attached hydrogens (tertiary/aromatic N) is 1. The highest BCUT2D eigenvalue weighted by molar-refractivity contribution is 5.95. The van der Waals surface area contributed by atoms with Gasteiger partial charge in [0, 0.05) is 19.0 Å². The van der Waals surface area contributed by atoms with Gasteiger partial charge in [-0.2, -0.15) is 0 Å². The minimum atomic E-state index is -0.899. The molecule has 0 radical (unpaired) electrons. The Morgan fingerprint density at radius 2 is 1.74 bits per heavy atom. The average molecular weight is 375 g/mol. The molecule has 0 bridgehead atoms. The van der Waals surface area contributed by atoms with Crippen molar-refractivity contribution in [1.82, 2.24) is 10.2 Å². The van der Waals surface area contributed by atoms with Crippen molar-refractivity contribution in [1.29, 1.82) is 0 Å². The molecule has 1 saturated heterocycles. The first kappa shape index (κ1) is 21.4. The molecule has 1 heterocycles. The van der Waals surface area contributed by atoms with Gasteiger partial charge in [0.2, 0.25) is 5.91 Å². The smallest absolute Gasteiger partial charge is 0.324 e. The zero-order valence-corrected chi connectivity index (χ0v) is 16.9. The van der Waals surface area contributed by atoms with Crippen LogP contribution in [0.1, 0.15) is 64.9 Å². The van der Waals surface area contributed by atoms with Gasteiger partial charge in [-0.15, -0.1) is 0 Å². The second kappa shape index (κ2) is 9.88.